The molecule has 0 saturated heterocycles. The molecule has 72 valence electrons. The molecule has 1 aromatic heterocycles. The molecule has 0 aliphatic carbocycles. The molecule has 0 fully saturated rings. The van der Waals surface area contributed by atoms with Crippen molar-refractivity contribution in [1.82, 2.24) is 9.78 Å². The molecule has 0 aliphatic heterocycles. The Balaban J connectivity index is 0. The molecule has 0 radical (unpaired) electrons. The minimum atomic E-state index is 0. The third kappa shape index (κ3) is 3.01. The maximum absolute atomic E-state index is 5.67. The maximum Gasteiger partial charge on any atom is 0.0641 e. The number of hydrogen-bond acceptors (Lipinski definition) is 2. The lowest BCUT2D eigenvalue weighted by Gasteiger charge is -1.99. The summed E-state index contributed by atoms with van der Waals surface area (Å²) in [6.07, 6.45) is 1.96. The van der Waals surface area contributed by atoms with Crippen molar-refractivity contribution in [3.8, 4) is 0 Å². The van der Waals surface area contributed by atoms with Crippen LogP contribution in [-0.4, -0.2) is 9.78 Å². The SMILES string of the molecule is Cc1nn(C)cc1C(C)N.Cl.Cl. The van der Waals surface area contributed by atoms with Gasteiger partial charge in [0, 0.05) is 24.8 Å². The molecule has 0 amide bonds. The Morgan fingerprint density at radius 1 is 1.50 bits per heavy atom. The molecule has 0 bridgehead atoms. The van der Waals surface area contributed by atoms with Gasteiger partial charge in [-0.05, 0) is 13.8 Å². The average molecular weight is 212 g/mol. The van der Waals surface area contributed by atoms with Crippen LogP contribution in [0.1, 0.15) is 24.2 Å². The molecule has 0 saturated carbocycles. The molecule has 1 aromatic rings. The Labute approximate surface area is 85.1 Å². The van der Waals surface area contributed by atoms with E-state index in [0.29, 0.717) is 0 Å². The first-order chi connectivity index (χ1) is 4.61. The van der Waals surface area contributed by atoms with Crippen LogP contribution in [0.5, 0.6) is 0 Å². The molecular formula is C7H15Cl2N3. The molecule has 1 heterocycles. The third-order valence-electron chi connectivity index (χ3n) is 1.54. The molecule has 0 aliphatic rings. The summed E-state index contributed by atoms with van der Waals surface area (Å²) in [5.74, 6) is 0. The Morgan fingerprint density at radius 2 is 2.00 bits per heavy atom. The molecule has 1 unspecified atom stereocenters. The van der Waals surface area contributed by atoms with E-state index in [1.165, 1.54) is 0 Å². The number of aromatic nitrogens is 2. The molecule has 0 aromatic carbocycles. The lowest BCUT2D eigenvalue weighted by molar-refractivity contribution is 0.755. The second kappa shape index (κ2) is 5.41. The van der Waals surface area contributed by atoms with Crippen molar-refractivity contribution in [2.24, 2.45) is 12.8 Å². The van der Waals surface area contributed by atoms with Gasteiger partial charge in [0.2, 0.25) is 0 Å². The van der Waals surface area contributed by atoms with Crippen molar-refractivity contribution in [1.29, 1.82) is 0 Å². The highest BCUT2D eigenvalue weighted by atomic mass is 35.5. The summed E-state index contributed by atoms with van der Waals surface area (Å²) in [4.78, 5) is 0. The smallest absolute Gasteiger partial charge is 0.0641 e. The van der Waals surface area contributed by atoms with Crippen molar-refractivity contribution in [2.45, 2.75) is 19.9 Å². The van der Waals surface area contributed by atoms with Gasteiger partial charge in [0.1, 0.15) is 0 Å². The zero-order chi connectivity index (χ0) is 7.72. The lowest BCUT2D eigenvalue weighted by Crippen LogP contribution is -2.04. The van der Waals surface area contributed by atoms with Crippen LogP contribution >= 0.6 is 24.8 Å². The van der Waals surface area contributed by atoms with E-state index >= 15 is 0 Å². The summed E-state index contributed by atoms with van der Waals surface area (Å²) < 4.78 is 1.79. The average Bonchev–Trinajstić information content (AvgIpc) is 2.10. The predicted octanol–water partition coefficient (Wildman–Crippen LogP) is 1.59. The predicted molar refractivity (Wildman–Crippen MR) is 55.0 cm³/mol. The molecule has 12 heavy (non-hydrogen) atoms. The summed E-state index contributed by atoms with van der Waals surface area (Å²) in [6.45, 7) is 3.93. The molecule has 2 N–H and O–H groups in total. The van der Waals surface area contributed by atoms with Gasteiger partial charge in [-0.3, -0.25) is 4.68 Å². The van der Waals surface area contributed by atoms with Gasteiger partial charge in [-0.15, -0.1) is 24.8 Å². The van der Waals surface area contributed by atoms with Crippen LogP contribution < -0.4 is 5.73 Å². The third-order valence-corrected chi connectivity index (χ3v) is 1.54. The highest BCUT2D eigenvalue weighted by Crippen LogP contribution is 2.11. The topological polar surface area (TPSA) is 43.8 Å². The Morgan fingerprint density at radius 3 is 2.17 bits per heavy atom. The number of halogens is 2. The van der Waals surface area contributed by atoms with Gasteiger partial charge in [-0.1, -0.05) is 0 Å². The number of nitrogens with two attached hydrogens (primary N) is 1. The van der Waals surface area contributed by atoms with Gasteiger partial charge in [-0.2, -0.15) is 5.10 Å². The van der Waals surface area contributed by atoms with Crippen LogP contribution in [0.25, 0.3) is 0 Å². The minimum absolute atomic E-state index is 0. The summed E-state index contributed by atoms with van der Waals surface area (Å²) in [6, 6.07) is 0.0914. The standard InChI is InChI=1S/C7H13N3.2ClH/c1-5(8)7-4-10(3)9-6(7)2;;/h4-5H,8H2,1-3H3;2*1H. The van der Waals surface area contributed by atoms with E-state index in [1.54, 1.807) is 4.68 Å². The summed E-state index contributed by atoms with van der Waals surface area (Å²) in [5, 5.41) is 4.17. The van der Waals surface area contributed by atoms with Crippen molar-refractivity contribution < 1.29 is 0 Å². The molecule has 5 heteroatoms. The zero-order valence-electron chi connectivity index (χ0n) is 7.44. The molecule has 1 atom stereocenters. The zero-order valence-corrected chi connectivity index (χ0v) is 9.08. The second-order valence-corrected chi connectivity index (χ2v) is 2.63. The van der Waals surface area contributed by atoms with Gasteiger partial charge in [0.25, 0.3) is 0 Å². The fourth-order valence-electron chi connectivity index (χ4n) is 1.06. The molecule has 3 nitrogen and oxygen atoms in total. The van der Waals surface area contributed by atoms with E-state index in [2.05, 4.69) is 5.10 Å². The quantitative estimate of drug-likeness (QED) is 0.768. The van der Waals surface area contributed by atoms with Crippen LogP contribution in [-0.2, 0) is 7.05 Å². The first-order valence-electron chi connectivity index (χ1n) is 3.37. The monoisotopic (exact) mass is 211 g/mol. The van der Waals surface area contributed by atoms with Crippen LogP contribution in [0, 0.1) is 6.92 Å². The van der Waals surface area contributed by atoms with Crippen molar-refractivity contribution in [2.75, 3.05) is 0 Å². The van der Waals surface area contributed by atoms with Gasteiger partial charge >= 0.3 is 0 Å². The minimum Gasteiger partial charge on any atom is -0.324 e. The Hall–Kier alpha value is -0.250. The first kappa shape index (κ1) is 14.3. The highest BCUT2D eigenvalue weighted by Gasteiger charge is 2.05. The highest BCUT2D eigenvalue weighted by molar-refractivity contribution is 5.85. The largest absolute Gasteiger partial charge is 0.324 e. The fourth-order valence-corrected chi connectivity index (χ4v) is 1.06. The Bertz CT molecular complexity index is 233. The van der Waals surface area contributed by atoms with Gasteiger partial charge in [0.05, 0.1) is 5.69 Å². The van der Waals surface area contributed by atoms with Crippen LogP contribution in [0.15, 0.2) is 6.20 Å². The van der Waals surface area contributed by atoms with E-state index in [9.17, 15) is 0 Å². The van der Waals surface area contributed by atoms with Gasteiger partial charge in [-0.25, -0.2) is 0 Å². The number of hydrogen-bond donors (Lipinski definition) is 1. The summed E-state index contributed by atoms with van der Waals surface area (Å²) >= 11 is 0. The van der Waals surface area contributed by atoms with E-state index in [0.717, 1.165) is 11.3 Å². The molecule has 0 spiro atoms. The number of nitrogens with zero attached hydrogens (tertiary/aromatic N) is 2. The normalized spacial score (nSPS) is 11.3. The molecule has 1 rings (SSSR count). The van der Waals surface area contributed by atoms with E-state index in [4.69, 9.17) is 5.73 Å². The Kier molecular flexibility index (Phi) is 6.43. The van der Waals surface area contributed by atoms with Gasteiger partial charge < -0.3 is 5.73 Å². The van der Waals surface area contributed by atoms with Crippen molar-refractivity contribution in [3.63, 3.8) is 0 Å². The van der Waals surface area contributed by atoms with E-state index in [-0.39, 0.29) is 30.9 Å². The first-order valence-corrected chi connectivity index (χ1v) is 3.37. The van der Waals surface area contributed by atoms with Crippen LogP contribution in [0.4, 0.5) is 0 Å². The van der Waals surface area contributed by atoms with E-state index in [1.807, 2.05) is 27.1 Å². The number of rotatable bonds is 1. The van der Waals surface area contributed by atoms with Gasteiger partial charge in [0.15, 0.2) is 0 Å². The fraction of sp³-hybridized carbons (Fsp3) is 0.571. The summed E-state index contributed by atoms with van der Waals surface area (Å²) in [7, 11) is 1.90. The maximum atomic E-state index is 5.67. The number of aryl methyl sites for hydroxylation is 2. The van der Waals surface area contributed by atoms with Crippen molar-refractivity contribution in [3.05, 3.63) is 17.5 Å². The van der Waals surface area contributed by atoms with Crippen LogP contribution in [0.3, 0.4) is 0 Å². The summed E-state index contributed by atoms with van der Waals surface area (Å²) in [5.41, 5.74) is 7.83. The molecular weight excluding hydrogens is 197 g/mol. The lowest BCUT2D eigenvalue weighted by atomic mass is 10.1. The van der Waals surface area contributed by atoms with Crippen LogP contribution in [0.2, 0.25) is 0 Å². The van der Waals surface area contributed by atoms with E-state index < -0.39 is 0 Å². The van der Waals surface area contributed by atoms with Crippen molar-refractivity contribution >= 4 is 24.8 Å². The second-order valence-electron chi connectivity index (χ2n) is 2.63.